The van der Waals surface area contributed by atoms with Gasteiger partial charge in [-0.25, -0.2) is 9.97 Å². The van der Waals surface area contributed by atoms with Gasteiger partial charge in [0.25, 0.3) is 0 Å². The Bertz CT molecular complexity index is 1330. The summed E-state index contributed by atoms with van der Waals surface area (Å²) in [5, 5.41) is 5.45. The van der Waals surface area contributed by atoms with E-state index in [0.29, 0.717) is 28.3 Å². The number of fused-ring (bicyclic) bond motifs is 1. The minimum Gasteiger partial charge on any atom is -0.437 e. The highest BCUT2D eigenvalue weighted by atomic mass is 19.4. The van der Waals surface area contributed by atoms with E-state index < -0.39 is 12.6 Å². The van der Waals surface area contributed by atoms with E-state index in [9.17, 15) is 18.0 Å². The molecule has 3 N–H and O–H groups in total. The number of hydrogen-bond acceptors (Lipinski definition) is 5. The average molecular weight is 467 g/mol. The maximum atomic E-state index is 12.4. The topological polar surface area (TPSA) is 91.9 Å². The van der Waals surface area contributed by atoms with Crippen molar-refractivity contribution in [3.8, 4) is 22.8 Å². The summed E-state index contributed by atoms with van der Waals surface area (Å²) >= 11 is 0. The van der Waals surface area contributed by atoms with Crippen molar-refractivity contribution in [2.45, 2.75) is 12.6 Å². The Labute approximate surface area is 192 Å². The number of hydrogen-bond donors (Lipinski definition) is 3. The summed E-state index contributed by atoms with van der Waals surface area (Å²) in [5.74, 6) is 0.342. The number of aromatic nitrogens is 3. The smallest absolute Gasteiger partial charge is 0.390 e. The zero-order chi connectivity index (χ0) is 24.1. The Morgan fingerprint density at radius 2 is 1.94 bits per heavy atom. The summed E-state index contributed by atoms with van der Waals surface area (Å²) in [5.41, 5.74) is 3.65. The number of rotatable bonds is 8. The number of H-pyrrole nitrogens is 1. The number of nitrogens with one attached hydrogen (secondary N) is 3. The van der Waals surface area contributed by atoms with Crippen molar-refractivity contribution in [2.24, 2.45) is 0 Å². The first-order valence-electron chi connectivity index (χ1n) is 10.3. The van der Waals surface area contributed by atoms with Gasteiger partial charge in [-0.15, -0.1) is 0 Å². The second kappa shape index (κ2) is 9.65. The zero-order valence-corrected chi connectivity index (χ0v) is 17.8. The molecule has 7 nitrogen and oxygen atoms in total. The summed E-state index contributed by atoms with van der Waals surface area (Å²) in [4.78, 5) is 23.4. The Balaban J connectivity index is 1.55. The first-order chi connectivity index (χ1) is 16.3. The number of carbonyl (C=O) groups excluding carboxylic acids is 1. The fourth-order valence-electron chi connectivity index (χ4n) is 3.24. The van der Waals surface area contributed by atoms with E-state index in [1.54, 1.807) is 48.7 Å². The number of alkyl halides is 3. The molecule has 0 fully saturated rings. The summed E-state index contributed by atoms with van der Waals surface area (Å²) in [6.45, 7) is 3.20. The molecule has 10 heteroatoms. The Morgan fingerprint density at radius 1 is 1.15 bits per heavy atom. The van der Waals surface area contributed by atoms with Crippen LogP contribution in [0, 0.1) is 0 Å². The van der Waals surface area contributed by atoms with Crippen LogP contribution in [0.15, 0.2) is 73.6 Å². The van der Waals surface area contributed by atoms with Gasteiger partial charge < -0.3 is 20.4 Å². The van der Waals surface area contributed by atoms with E-state index in [1.165, 1.54) is 12.3 Å². The molecular formula is C24H20F3N5O2. The molecule has 0 saturated carbocycles. The normalized spacial score (nSPS) is 11.3. The molecule has 0 saturated heterocycles. The van der Waals surface area contributed by atoms with E-state index >= 15 is 0 Å². The molecule has 0 atom stereocenters. The summed E-state index contributed by atoms with van der Waals surface area (Å²) in [6.07, 6.45) is -0.776. The van der Waals surface area contributed by atoms with Crippen molar-refractivity contribution >= 4 is 28.4 Å². The number of benzene rings is 2. The third-order valence-corrected chi connectivity index (χ3v) is 4.78. The second-order valence-corrected chi connectivity index (χ2v) is 7.30. The number of halogens is 3. The van der Waals surface area contributed by atoms with Crippen molar-refractivity contribution < 1.29 is 22.7 Å². The Kier molecular flexibility index (Phi) is 6.48. The Morgan fingerprint density at radius 3 is 2.74 bits per heavy atom. The van der Waals surface area contributed by atoms with Gasteiger partial charge in [0.1, 0.15) is 11.3 Å². The molecule has 4 rings (SSSR count). The molecule has 1 amide bonds. The lowest BCUT2D eigenvalue weighted by atomic mass is 10.1. The first-order valence-corrected chi connectivity index (χ1v) is 10.3. The minimum absolute atomic E-state index is 0.217. The van der Waals surface area contributed by atoms with Crippen LogP contribution in [0.25, 0.3) is 22.3 Å². The van der Waals surface area contributed by atoms with Gasteiger partial charge >= 0.3 is 6.18 Å². The van der Waals surface area contributed by atoms with Gasteiger partial charge in [-0.3, -0.25) is 4.79 Å². The van der Waals surface area contributed by atoms with Crippen LogP contribution in [0.4, 0.5) is 24.5 Å². The van der Waals surface area contributed by atoms with Gasteiger partial charge in [0, 0.05) is 35.7 Å². The van der Waals surface area contributed by atoms with Crippen LogP contribution in [0.2, 0.25) is 0 Å². The molecule has 34 heavy (non-hydrogen) atoms. The molecule has 2 aromatic carbocycles. The highest BCUT2D eigenvalue weighted by Crippen LogP contribution is 2.31. The highest BCUT2D eigenvalue weighted by molar-refractivity contribution is 5.99. The van der Waals surface area contributed by atoms with Crippen molar-refractivity contribution in [1.82, 2.24) is 15.0 Å². The van der Waals surface area contributed by atoms with Gasteiger partial charge in [-0.1, -0.05) is 24.8 Å². The van der Waals surface area contributed by atoms with Gasteiger partial charge in [0.2, 0.25) is 11.8 Å². The van der Waals surface area contributed by atoms with Crippen LogP contribution in [-0.2, 0) is 4.79 Å². The quantitative estimate of drug-likeness (QED) is 0.280. The molecule has 0 spiro atoms. The van der Waals surface area contributed by atoms with Gasteiger partial charge in [-0.2, -0.15) is 13.2 Å². The molecule has 0 radical (unpaired) electrons. The number of nitrogens with zero attached hydrogens (tertiary/aromatic N) is 2. The van der Waals surface area contributed by atoms with Crippen LogP contribution in [0.1, 0.15) is 6.42 Å². The predicted octanol–water partition coefficient (Wildman–Crippen LogP) is 5.91. The SMILES string of the molecule is C=CC(=O)Nc1cccc(Oc2cnc3[nH]cc(-c4cccc(NCCC(F)(F)F)c4)c3n2)c1. The lowest BCUT2D eigenvalue weighted by molar-refractivity contribution is -0.131. The third kappa shape index (κ3) is 5.71. The molecule has 0 bridgehead atoms. The van der Waals surface area contributed by atoms with Crippen LogP contribution >= 0.6 is 0 Å². The third-order valence-electron chi connectivity index (χ3n) is 4.78. The van der Waals surface area contributed by atoms with Crippen molar-refractivity contribution in [1.29, 1.82) is 0 Å². The van der Waals surface area contributed by atoms with Gasteiger partial charge in [0.05, 0.1) is 12.6 Å². The van der Waals surface area contributed by atoms with Gasteiger partial charge in [0.15, 0.2) is 5.65 Å². The van der Waals surface area contributed by atoms with E-state index in [4.69, 9.17) is 4.74 Å². The number of amides is 1. The van der Waals surface area contributed by atoms with Crippen LogP contribution in [-0.4, -0.2) is 33.6 Å². The number of aromatic amines is 1. The lowest BCUT2D eigenvalue weighted by Gasteiger charge is -2.10. The Hall–Kier alpha value is -4.34. The van der Waals surface area contributed by atoms with E-state index in [0.717, 1.165) is 11.1 Å². The average Bonchev–Trinajstić information content (AvgIpc) is 3.22. The molecule has 0 aliphatic carbocycles. The minimum atomic E-state index is -4.22. The van der Waals surface area contributed by atoms with Crippen molar-refractivity contribution in [3.63, 3.8) is 0 Å². The lowest BCUT2D eigenvalue weighted by Crippen LogP contribution is -2.14. The van der Waals surface area contributed by atoms with E-state index in [1.807, 2.05) is 6.07 Å². The van der Waals surface area contributed by atoms with E-state index in [2.05, 4.69) is 32.2 Å². The monoisotopic (exact) mass is 467 g/mol. The van der Waals surface area contributed by atoms with E-state index in [-0.39, 0.29) is 18.3 Å². The fraction of sp³-hybridized carbons (Fsp3) is 0.125. The molecule has 2 heterocycles. The number of ether oxygens (including phenoxy) is 1. The maximum absolute atomic E-state index is 12.4. The summed E-state index contributed by atoms with van der Waals surface area (Å²) < 4.78 is 43.1. The fourth-order valence-corrected chi connectivity index (χ4v) is 3.24. The molecular weight excluding hydrogens is 447 g/mol. The maximum Gasteiger partial charge on any atom is 0.390 e. The number of anilines is 2. The molecule has 0 unspecified atom stereocenters. The van der Waals surface area contributed by atoms with Crippen LogP contribution in [0.3, 0.4) is 0 Å². The molecule has 0 aliphatic heterocycles. The largest absolute Gasteiger partial charge is 0.437 e. The zero-order valence-electron chi connectivity index (χ0n) is 17.8. The molecule has 2 aromatic heterocycles. The van der Waals surface area contributed by atoms with Crippen LogP contribution in [0.5, 0.6) is 11.6 Å². The summed E-state index contributed by atoms with van der Waals surface area (Å²) in [7, 11) is 0. The number of carbonyl (C=O) groups is 1. The van der Waals surface area contributed by atoms with Crippen molar-refractivity contribution in [2.75, 3.05) is 17.2 Å². The predicted molar refractivity (Wildman–Crippen MR) is 124 cm³/mol. The van der Waals surface area contributed by atoms with Crippen LogP contribution < -0.4 is 15.4 Å². The summed E-state index contributed by atoms with van der Waals surface area (Å²) in [6, 6.07) is 13.8. The first kappa shape index (κ1) is 22.8. The highest BCUT2D eigenvalue weighted by Gasteiger charge is 2.26. The van der Waals surface area contributed by atoms with Gasteiger partial charge in [-0.05, 0) is 35.9 Å². The molecule has 4 aromatic rings. The molecule has 174 valence electrons. The second-order valence-electron chi connectivity index (χ2n) is 7.30. The van der Waals surface area contributed by atoms with Crippen molar-refractivity contribution in [3.05, 3.63) is 73.6 Å². The standard InChI is InChI=1S/C24H20F3N5O2/c1-2-20(33)31-17-7-4-8-18(12-17)34-21-14-30-23-22(32-21)19(13-29-23)15-5-3-6-16(11-15)28-10-9-24(25,26)27/h2-8,11-14,28H,1,9-10H2,(H,29,30)(H,31,33). The molecule has 0 aliphatic rings.